The molecule has 1 saturated carbocycles. The predicted octanol–water partition coefficient (Wildman–Crippen LogP) is 5.18. The second-order valence-electron chi connectivity index (χ2n) is 13.8. The number of ether oxygens (including phenoxy) is 2. The van der Waals surface area contributed by atoms with Crippen LogP contribution in [-0.2, 0) is 31.4 Å². The van der Waals surface area contributed by atoms with Crippen LogP contribution in [0.25, 0.3) is 0 Å². The van der Waals surface area contributed by atoms with E-state index in [1.165, 1.54) is 18.2 Å². The zero-order valence-electron chi connectivity index (χ0n) is 26.6. The van der Waals surface area contributed by atoms with Crippen LogP contribution in [0.5, 0.6) is 5.75 Å². The van der Waals surface area contributed by atoms with Crippen LogP contribution in [0.3, 0.4) is 0 Å². The SMILES string of the molecule is COC(=O)C[C@@]1(O)/C=C/C[C@H](C)[C@@H](C)S(=O)(=O)NC(=O)c2ccc3c(c2)N(C[C@@H]2CC[C@H]21)C[C@@]1(CCCc2cc(Cl)ccc21)CO3. The molecule has 6 rings (SSSR count). The van der Waals surface area contributed by atoms with Crippen molar-refractivity contribution in [3.05, 3.63) is 70.3 Å². The third kappa shape index (κ3) is 6.16. The average Bonchev–Trinajstić information content (AvgIpc) is 3.14. The third-order valence-corrected chi connectivity index (χ3v) is 13.1. The van der Waals surface area contributed by atoms with Crippen LogP contribution < -0.4 is 14.4 Å². The molecule has 46 heavy (non-hydrogen) atoms. The minimum atomic E-state index is -4.02. The van der Waals surface area contributed by atoms with Crippen molar-refractivity contribution < 1.29 is 32.6 Å². The molecule has 1 spiro atoms. The lowest BCUT2D eigenvalue weighted by atomic mass is 9.63. The van der Waals surface area contributed by atoms with Crippen LogP contribution >= 0.6 is 11.6 Å². The third-order valence-electron chi connectivity index (χ3n) is 10.9. The molecular weight excluding hydrogens is 628 g/mol. The van der Waals surface area contributed by atoms with Crippen LogP contribution in [0, 0.1) is 17.8 Å². The van der Waals surface area contributed by atoms with Gasteiger partial charge in [-0.05, 0) is 105 Å². The number of sulfonamides is 1. The van der Waals surface area contributed by atoms with Crippen LogP contribution in [-0.4, -0.2) is 63.1 Å². The van der Waals surface area contributed by atoms with Crippen LogP contribution in [0.15, 0.2) is 48.6 Å². The van der Waals surface area contributed by atoms with Crippen molar-refractivity contribution >= 4 is 39.2 Å². The molecule has 2 aliphatic heterocycles. The smallest absolute Gasteiger partial charge is 0.308 e. The molecule has 9 nitrogen and oxygen atoms in total. The Morgan fingerprint density at radius 2 is 2.00 bits per heavy atom. The molecule has 4 aliphatic rings. The number of anilines is 1. The highest BCUT2D eigenvalue weighted by molar-refractivity contribution is 7.90. The summed E-state index contributed by atoms with van der Waals surface area (Å²) in [4.78, 5) is 28.2. The fourth-order valence-electron chi connectivity index (χ4n) is 7.87. The number of aliphatic hydroxyl groups is 1. The number of nitrogens with one attached hydrogen (secondary N) is 1. The first-order valence-corrected chi connectivity index (χ1v) is 18.1. The molecule has 2 aromatic carbocycles. The summed E-state index contributed by atoms with van der Waals surface area (Å²) in [6, 6.07) is 11.1. The molecule has 248 valence electrons. The number of benzene rings is 2. The summed E-state index contributed by atoms with van der Waals surface area (Å²) in [5.41, 5.74) is 1.52. The number of methoxy groups -OCH3 is 1. The quantitative estimate of drug-likeness (QED) is 0.331. The molecule has 1 amide bonds. The zero-order chi connectivity index (χ0) is 32.9. The maximum Gasteiger partial charge on any atom is 0.308 e. The van der Waals surface area contributed by atoms with Crippen molar-refractivity contribution in [1.29, 1.82) is 0 Å². The van der Waals surface area contributed by atoms with Crippen molar-refractivity contribution in [3.8, 4) is 5.75 Å². The first kappa shape index (κ1) is 32.8. The van der Waals surface area contributed by atoms with E-state index in [0.717, 1.165) is 32.1 Å². The average molecular weight is 671 g/mol. The highest BCUT2D eigenvalue weighted by Crippen LogP contribution is 2.49. The van der Waals surface area contributed by atoms with Gasteiger partial charge in [0.25, 0.3) is 5.91 Å². The minimum absolute atomic E-state index is 0.0395. The Bertz CT molecular complexity index is 1660. The summed E-state index contributed by atoms with van der Waals surface area (Å²) in [5, 5.41) is 11.9. The van der Waals surface area contributed by atoms with E-state index >= 15 is 0 Å². The van der Waals surface area contributed by atoms with E-state index in [0.29, 0.717) is 42.6 Å². The fourth-order valence-corrected chi connectivity index (χ4v) is 9.35. The van der Waals surface area contributed by atoms with Gasteiger partial charge in [0.05, 0.1) is 36.7 Å². The van der Waals surface area contributed by atoms with E-state index in [4.69, 9.17) is 21.1 Å². The molecule has 6 atom stereocenters. The zero-order valence-corrected chi connectivity index (χ0v) is 28.2. The summed E-state index contributed by atoms with van der Waals surface area (Å²) in [7, 11) is -2.71. The van der Waals surface area contributed by atoms with E-state index in [2.05, 4.69) is 15.7 Å². The maximum atomic E-state index is 13.4. The van der Waals surface area contributed by atoms with E-state index < -0.39 is 32.8 Å². The van der Waals surface area contributed by atoms with Gasteiger partial charge in [-0.2, -0.15) is 0 Å². The molecule has 2 N–H and O–H groups in total. The summed E-state index contributed by atoms with van der Waals surface area (Å²) in [5.74, 6) is -1.13. The molecule has 0 saturated heterocycles. The normalized spacial score (nSPS) is 32.9. The molecular formula is C35H43ClN2O7S. The second kappa shape index (κ2) is 12.5. The van der Waals surface area contributed by atoms with Gasteiger partial charge in [-0.15, -0.1) is 0 Å². The van der Waals surface area contributed by atoms with Gasteiger partial charge in [-0.1, -0.05) is 36.7 Å². The number of esters is 1. The number of hydrogen-bond acceptors (Lipinski definition) is 8. The van der Waals surface area contributed by atoms with Crippen LogP contribution in [0.1, 0.15) is 73.9 Å². The van der Waals surface area contributed by atoms with Gasteiger partial charge in [0.15, 0.2) is 0 Å². The van der Waals surface area contributed by atoms with Gasteiger partial charge < -0.3 is 19.5 Å². The lowest BCUT2D eigenvalue weighted by molar-refractivity contribution is -0.149. The number of carbonyl (C=O) groups is 2. The number of halogens is 1. The van der Waals surface area contributed by atoms with Crippen molar-refractivity contribution in [2.45, 2.75) is 75.1 Å². The molecule has 2 aromatic rings. The number of aryl methyl sites for hydroxylation is 1. The largest absolute Gasteiger partial charge is 0.490 e. The van der Waals surface area contributed by atoms with Gasteiger partial charge in [0, 0.05) is 29.1 Å². The molecule has 0 radical (unpaired) electrons. The molecule has 11 heteroatoms. The molecule has 2 bridgehead atoms. The van der Waals surface area contributed by atoms with E-state index in [1.807, 2.05) is 12.1 Å². The topological polar surface area (TPSA) is 122 Å². The van der Waals surface area contributed by atoms with Crippen molar-refractivity contribution in [3.63, 3.8) is 0 Å². The first-order chi connectivity index (χ1) is 21.8. The summed E-state index contributed by atoms with van der Waals surface area (Å²) >= 11 is 6.40. The number of amides is 1. The van der Waals surface area contributed by atoms with Gasteiger partial charge in [-0.3, -0.25) is 9.59 Å². The summed E-state index contributed by atoms with van der Waals surface area (Å²) in [6.45, 7) is 4.95. The molecule has 1 fully saturated rings. The fraction of sp³-hybridized carbons (Fsp3) is 0.543. The number of nitrogens with zero attached hydrogens (tertiary/aromatic N) is 1. The summed E-state index contributed by atoms with van der Waals surface area (Å²) in [6.07, 6.45) is 7.97. The van der Waals surface area contributed by atoms with Crippen molar-refractivity contribution in [2.75, 3.05) is 31.7 Å². The predicted molar refractivity (Wildman–Crippen MR) is 177 cm³/mol. The van der Waals surface area contributed by atoms with E-state index in [1.54, 1.807) is 44.2 Å². The lowest BCUT2D eigenvalue weighted by Crippen LogP contribution is -2.53. The van der Waals surface area contributed by atoms with Gasteiger partial charge in [0.2, 0.25) is 10.0 Å². The van der Waals surface area contributed by atoms with Crippen LogP contribution in [0.4, 0.5) is 5.69 Å². The standard InChI is InChI=1S/C35H43ClN2O7S/c1-22-6-4-15-35(41,18-32(39)44-3)29-11-8-26(29)19-38-20-34(14-5-7-24-16-27(36)10-12-28(24)34)21-45-31-13-9-25(17-30(31)38)33(40)37-46(42,43)23(22)2/h4,9-10,12-13,15-17,22-23,26,29,41H,5-8,11,14,18-21H2,1-3H3,(H,37,40)/b15-4+/t22-,23+,26-,29+,34-,35-/m0/s1. The Labute approximate surface area is 276 Å². The van der Waals surface area contributed by atoms with Crippen LogP contribution in [0.2, 0.25) is 5.02 Å². The first-order valence-electron chi connectivity index (χ1n) is 16.2. The summed E-state index contributed by atoms with van der Waals surface area (Å²) < 4.78 is 40.4. The number of carbonyl (C=O) groups excluding carboxylic acids is 2. The Balaban J connectivity index is 1.45. The van der Waals surface area contributed by atoms with Crippen molar-refractivity contribution in [1.82, 2.24) is 4.72 Å². The van der Waals surface area contributed by atoms with E-state index in [9.17, 15) is 23.1 Å². The Hall–Kier alpha value is -3.08. The Kier molecular flexibility index (Phi) is 8.93. The monoisotopic (exact) mass is 670 g/mol. The maximum absolute atomic E-state index is 13.4. The Morgan fingerprint density at radius 3 is 2.74 bits per heavy atom. The number of hydrogen-bond donors (Lipinski definition) is 2. The molecule has 0 aromatic heterocycles. The van der Waals surface area contributed by atoms with E-state index in [-0.39, 0.29) is 35.2 Å². The second-order valence-corrected chi connectivity index (χ2v) is 16.2. The highest BCUT2D eigenvalue weighted by atomic mass is 35.5. The van der Waals surface area contributed by atoms with Gasteiger partial charge >= 0.3 is 5.97 Å². The lowest BCUT2D eigenvalue weighted by Gasteiger charge is -2.49. The minimum Gasteiger partial charge on any atom is -0.490 e. The van der Waals surface area contributed by atoms with Crippen molar-refractivity contribution in [2.24, 2.45) is 17.8 Å². The highest BCUT2D eigenvalue weighted by Gasteiger charge is 2.49. The van der Waals surface area contributed by atoms with Gasteiger partial charge in [0.1, 0.15) is 5.75 Å². The Morgan fingerprint density at radius 1 is 1.20 bits per heavy atom. The molecule has 2 heterocycles. The molecule has 2 aliphatic carbocycles. The number of rotatable bonds is 2. The number of allylic oxidation sites excluding steroid dienone is 1. The molecule has 0 unspecified atom stereocenters. The number of fused-ring (bicyclic) bond motifs is 4. The van der Waals surface area contributed by atoms with Gasteiger partial charge in [-0.25, -0.2) is 13.1 Å².